The van der Waals surface area contributed by atoms with E-state index >= 15 is 0 Å². The molecular formula is C14H14N4O. The van der Waals surface area contributed by atoms with Gasteiger partial charge in [0.2, 0.25) is 5.91 Å². The van der Waals surface area contributed by atoms with Crippen LogP contribution in [-0.2, 0) is 11.2 Å². The number of benzene rings is 1. The lowest BCUT2D eigenvalue weighted by atomic mass is 9.99. The van der Waals surface area contributed by atoms with Crippen LogP contribution in [0, 0.1) is 6.92 Å². The highest BCUT2D eigenvalue weighted by molar-refractivity contribution is 5.94. The first kappa shape index (κ1) is 11.6. The molecule has 0 unspecified atom stereocenters. The van der Waals surface area contributed by atoms with Crippen LogP contribution in [0.5, 0.6) is 0 Å². The summed E-state index contributed by atoms with van der Waals surface area (Å²) in [6.07, 6.45) is 1.29. The van der Waals surface area contributed by atoms with Crippen LogP contribution < -0.4 is 11.1 Å². The molecule has 0 spiro atoms. The van der Waals surface area contributed by atoms with Crippen molar-refractivity contribution in [2.45, 2.75) is 19.8 Å². The van der Waals surface area contributed by atoms with Gasteiger partial charge in [-0.1, -0.05) is 6.07 Å². The molecule has 1 aliphatic heterocycles. The summed E-state index contributed by atoms with van der Waals surface area (Å²) in [5, 5.41) is 10.9. The Balaban J connectivity index is 2.02. The first-order chi connectivity index (χ1) is 9.13. The Morgan fingerprint density at radius 3 is 2.84 bits per heavy atom. The number of carbonyl (C=O) groups is 1. The second-order valence-corrected chi connectivity index (χ2v) is 4.72. The predicted molar refractivity (Wildman–Crippen MR) is 73.6 cm³/mol. The number of nitrogen functional groups attached to an aromatic ring is 1. The van der Waals surface area contributed by atoms with Crippen LogP contribution in [0.1, 0.15) is 17.5 Å². The molecule has 2 aromatic rings. The van der Waals surface area contributed by atoms with E-state index in [1.54, 1.807) is 0 Å². The zero-order valence-electron chi connectivity index (χ0n) is 10.6. The number of hydrogen-bond acceptors (Lipinski definition) is 4. The molecule has 1 aromatic carbocycles. The van der Waals surface area contributed by atoms with Gasteiger partial charge in [-0.2, -0.15) is 0 Å². The fraction of sp³-hybridized carbons (Fsp3) is 0.214. The van der Waals surface area contributed by atoms with Crippen molar-refractivity contribution in [3.8, 4) is 11.3 Å². The van der Waals surface area contributed by atoms with Crippen molar-refractivity contribution in [2.75, 3.05) is 11.1 Å². The van der Waals surface area contributed by atoms with Crippen LogP contribution in [0.4, 0.5) is 11.5 Å². The van der Waals surface area contributed by atoms with Gasteiger partial charge in [-0.25, -0.2) is 0 Å². The van der Waals surface area contributed by atoms with E-state index < -0.39 is 0 Å². The summed E-state index contributed by atoms with van der Waals surface area (Å²) in [6.45, 7) is 1.91. The summed E-state index contributed by atoms with van der Waals surface area (Å²) in [5.74, 6) is 0.525. The largest absolute Gasteiger partial charge is 0.382 e. The zero-order chi connectivity index (χ0) is 13.4. The monoisotopic (exact) mass is 254 g/mol. The molecule has 1 aliphatic rings. The van der Waals surface area contributed by atoms with Crippen molar-refractivity contribution in [3.63, 3.8) is 0 Å². The number of fused-ring (bicyclic) bond motifs is 1. The van der Waals surface area contributed by atoms with Crippen LogP contribution >= 0.6 is 0 Å². The fourth-order valence-corrected chi connectivity index (χ4v) is 2.18. The van der Waals surface area contributed by atoms with E-state index in [1.165, 1.54) is 0 Å². The highest BCUT2D eigenvalue weighted by Gasteiger charge is 2.15. The van der Waals surface area contributed by atoms with E-state index in [-0.39, 0.29) is 5.91 Å². The average molecular weight is 254 g/mol. The standard InChI is InChI=1S/C14H14N4O/c1-8-6-12(17-18-14(8)15)10-2-4-11-9(7-10)3-5-13(19)16-11/h2,4,6-7H,3,5H2,1H3,(H2,15,18)(H,16,19). The number of nitrogens with zero attached hydrogens (tertiary/aromatic N) is 2. The number of anilines is 2. The Kier molecular flexibility index (Phi) is 2.67. The maximum atomic E-state index is 11.3. The molecule has 96 valence electrons. The normalized spacial score (nSPS) is 13.8. The molecule has 0 atom stereocenters. The molecule has 2 heterocycles. The van der Waals surface area contributed by atoms with Gasteiger partial charge < -0.3 is 11.1 Å². The van der Waals surface area contributed by atoms with Gasteiger partial charge in [-0.05, 0) is 42.7 Å². The van der Waals surface area contributed by atoms with Crippen LogP contribution in [-0.4, -0.2) is 16.1 Å². The molecule has 5 heteroatoms. The number of nitrogens with two attached hydrogens (primary N) is 1. The maximum absolute atomic E-state index is 11.3. The molecule has 0 saturated heterocycles. The molecular weight excluding hydrogens is 240 g/mol. The van der Waals surface area contributed by atoms with Crippen molar-refractivity contribution in [1.29, 1.82) is 0 Å². The van der Waals surface area contributed by atoms with Crippen LogP contribution in [0.15, 0.2) is 24.3 Å². The van der Waals surface area contributed by atoms with Crippen molar-refractivity contribution in [3.05, 3.63) is 35.4 Å². The summed E-state index contributed by atoms with van der Waals surface area (Å²) < 4.78 is 0. The lowest BCUT2D eigenvalue weighted by molar-refractivity contribution is -0.116. The van der Waals surface area contributed by atoms with E-state index in [2.05, 4.69) is 21.6 Å². The Morgan fingerprint density at radius 2 is 2.05 bits per heavy atom. The molecule has 0 aliphatic carbocycles. The molecule has 0 saturated carbocycles. The lowest BCUT2D eigenvalue weighted by Crippen LogP contribution is -2.18. The summed E-state index contributed by atoms with van der Waals surface area (Å²) >= 11 is 0. The van der Waals surface area contributed by atoms with E-state index in [0.29, 0.717) is 12.2 Å². The highest BCUT2D eigenvalue weighted by Crippen LogP contribution is 2.28. The SMILES string of the molecule is Cc1cc(-c2ccc3c(c2)CCC(=O)N3)nnc1N. The molecule has 1 aromatic heterocycles. The van der Waals surface area contributed by atoms with Crippen LogP contribution in [0.25, 0.3) is 11.3 Å². The first-order valence-electron chi connectivity index (χ1n) is 6.16. The van der Waals surface area contributed by atoms with E-state index in [9.17, 15) is 4.79 Å². The number of carbonyl (C=O) groups excluding carboxylic acids is 1. The van der Waals surface area contributed by atoms with Gasteiger partial charge in [0.1, 0.15) is 5.82 Å². The third kappa shape index (κ3) is 2.14. The summed E-state index contributed by atoms with van der Waals surface area (Å²) in [4.78, 5) is 11.3. The van der Waals surface area contributed by atoms with E-state index in [1.807, 2.05) is 25.1 Å². The molecule has 3 N–H and O–H groups in total. The smallest absolute Gasteiger partial charge is 0.224 e. The molecule has 3 rings (SSSR count). The van der Waals surface area contributed by atoms with Gasteiger partial charge in [-0.3, -0.25) is 4.79 Å². The topological polar surface area (TPSA) is 80.9 Å². The minimum atomic E-state index is 0.0726. The second-order valence-electron chi connectivity index (χ2n) is 4.72. The van der Waals surface area contributed by atoms with E-state index in [4.69, 9.17) is 5.73 Å². The minimum absolute atomic E-state index is 0.0726. The third-order valence-electron chi connectivity index (χ3n) is 3.32. The van der Waals surface area contributed by atoms with E-state index in [0.717, 1.165) is 34.5 Å². The van der Waals surface area contributed by atoms with Crippen molar-refractivity contribution >= 4 is 17.4 Å². The summed E-state index contributed by atoms with van der Waals surface area (Å²) in [5.41, 5.74) is 10.4. The van der Waals surface area contributed by atoms with Gasteiger partial charge in [0, 0.05) is 17.7 Å². The predicted octanol–water partition coefficient (Wildman–Crippen LogP) is 1.92. The zero-order valence-corrected chi connectivity index (χ0v) is 10.6. The van der Waals surface area contributed by atoms with Gasteiger partial charge in [0.05, 0.1) is 5.69 Å². The van der Waals surface area contributed by atoms with Gasteiger partial charge >= 0.3 is 0 Å². The van der Waals surface area contributed by atoms with Crippen LogP contribution in [0.2, 0.25) is 0 Å². The molecule has 0 radical (unpaired) electrons. The molecule has 5 nitrogen and oxygen atoms in total. The number of nitrogens with one attached hydrogen (secondary N) is 1. The van der Waals surface area contributed by atoms with Gasteiger partial charge in [-0.15, -0.1) is 10.2 Å². The molecule has 0 fully saturated rings. The minimum Gasteiger partial charge on any atom is -0.382 e. The maximum Gasteiger partial charge on any atom is 0.224 e. The van der Waals surface area contributed by atoms with Crippen molar-refractivity contribution < 1.29 is 4.79 Å². The Morgan fingerprint density at radius 1 is 1.21 bits per heavy atom. The number of aryl methyl sites for hydroxylation is 2. The Labute approximate surface area is 110 Å². The second kappa shape index (κ2) is 4.35. The quantitative estimate of drug-likeness (QED) is 0.814. The number of aromatic nitrogens is 2. The van der Waals surface area contributed by atoms with Gasteiger partial charge in [0.15, 0.2) is 0 Å². The molecule has 19 heavy (non-hydrogen) atoms. The molecule has 0 bridgehead atoms. The molecule has 1 amide bonds. The number of rotatable bonds is 1. The number of hydrogen-bond donors (Lipinski definition) is 2. The van der Waals surface area contributed by atoms with Gasteiger partial charge in [0.25, 0.3) is 0 Å². The van der Waals surface area contributed by atoms with Crippen LogP contribution in [0.3, 0.4) is 0 Å². The summed E-state index contributed by atoms with van der Waals surface area (Å²) in [6, 6.07) is 7.82. The average Bonchev–Trinajstić information content (AvgIpc) is 2.41. The lowest BCUT2D eigenvalue weighted by Gasteiger charge is -2.17. The highest BCUT2D eigenvalue weighted by atomic mass is 16.1. The number of amides is 1. The summed E-state index contributed by atoms with van der Waals surface area (Å²) in [7, 11) is 0. The third-order valence-corrected chi connectivity index (χ3v) is 3.32. The first-order valence-corrected chi connectivity index (χ1v) is 6.16. The van der Waals surface area contributed by atoms with Crippen molar-refractivity contribution in [1.82, 2.24) is 10.2 Å². The van der Waals surface area contributed by atoms with Crippen molar-refractivity contribution in [2.24, 2.45) is 0 Å². The Hall–Kier alpha value is -2.43. The fourth-order valence-electron chi connectivity index (χ4n) is 2.18. The Bertz CT molecular complexity index is 666.